The molecule has 1 aromatic carbocycles. The highest BCUT2D eigenvalue weighted by molar-refractivity contribution is 6.17. The third-order valence-electron chi connectivity index (χ3n) is 4.68. The number of fused-ring (bicyclic) bond motifs is 3. The lowest BCUT2D eigenvalue weighted by molar-refractivity contribution is 0.0860. The van der Waals surface area contributed by atoms with Gasteiger partial charge in [-0.05, 0) is 11.5 Å². The van der Waals surface area contributed by atoms with Crippen molar-refractivity contribution in [3.05, 3.63) is 47.4 Å². The fraction of sp³-hybridized carbons (Fsp3) is 0.389. The van der Waals surface area contributed by atoms with Crippen LogP contribution in [-0.2, 0) is 6.42 Å². The van der Waals surface area contributed by atoms with E-state index in [1.807, 2.05) is 18.2 Å². The van der Waals surface area contributed by atoms with E-state index in [-0.39, 0.29) is 11.9 Å². The molecule has 1 N–H and O–H groups in total. The van der Waals surface area contributed by atoms with E-state index in [4.69, 9.17) is 9.98 Å². The molecular formula is C18H21N5O. The van der Waals surface area contributed by atoms with E-state index in [2.05, 4.69) is 35.9 Å². The molecule has 0 bridgehead atoms. The summed E-state index contributed by atoms with van der Waals surface area (Å²) in [6.07, 6.45) is 0.679. The molecule has 6 nitrogen and oxygen atoms in total. The number of aromatic amines is 1. The summed E-state index contributed by atoms with van der Waals surface area (Å²) in [6, 6.07) is 10.3. The summed E-state index contributed by atoms with van der Waals surface area (Å²) in [6.45, 7) is 5.08. The van der Waals surface area contributed by atoms with Gasteiger partial charge in [0.2, 0.25) is 5.96 Å². The lowest BCUT2D eigenvalue weighted by Crippen LogP contribution is -2.48. The van der Waals surface area contributed by atoms with Crippen molar-refractivity contribution in [1.29, 1.82) is 0 Å². The van der Waals surface area contributed by atoms with Crippen LogP contribution in [0.2, 0.25) is 0 Å². The Balaban J connectivity index is 1.69. The molecule has 1 aromatic heterocycles. The van der Waals surface area contributed by atoms with Gasteiger partial charge < -0.3 is 4.98 Å². The summed E-state index contributed by atoms with van der Waals surface area (Å²) in [4.78, 5) is 29.0. The Morgan fingerprint density at radius 2 is 2.04 bits per heavy atom. The number of nitrogens with one attached hydrogen (secondary N) is 1. The van der Waals surface area contributed by atoms with E-state index >= 15 is 0 Å². The smallest absolute Gasteiger partial charge is 0.280 e. The number of H-pyrrole nitrogens is 1. The Hall–Kier alpha value is -2.63. The quantitative estimate of drug-likeness (QED) is 0.942. The minimum absolute atomic E-state index is 0.0729. The minimum Gasteiger partial charge on any atom is -0.336 e. The van der Waals surface area contributed by atoms with Gasteiger partial charge in [0.05, 0.1) is 12.6 Å². The lowest BCUT2D eigenvalue weighted by atomic mass is 10.1. The molecule has 2 aliphatic heterocycles. The van der Waals surface area contributed by atoms with Crippen molar-refractivity contribution in [2.75, 3.05) is 18.5 Å². The van der Waals surface area contributed by atoms with E-state index in [9.17, 15) is 4.79 Å². The van der Waals surface area contributed by atoms with Crippen molar-refractivity contribution in [2.45, 2.75) is 26.3 Å². The number of amides is 1. The number of anilines is 1. The van der Waals surface area contributed by atoms with Crippen LogP contribution in [-0.4, -0.2) is 46.4 Å². The first kappa shape index (κ1) is 14.9. The highest BCUT2D eigenvalue weighted by atomic mass is 16.2. The number of rotatable bonds is 3. The molecule has 24 heavy (non-hydrogen) atoms. The van der Waals surface area contributed by atoms with Crippen LogP contribution in [0.5, 0.6) is 0 Å². The van der Waals surface area contributed by atoms with Crippen molar-refractivity contribution >= 4 is 17.7 Å². The van der Waals surface area contributed by atoms with Gasteiger partial charge in [-0.15, -0.1) is 0 Å². The molecule has 1 unspecified atom stereocenters. The van der Waals surface area contributed by atoms with E-state index < -0.39 is 0 Å². The van der Waals surface area contributed by atoms with E-state index in [1.54, 1.807) is 11.9 Å². The number of guanidine groups is 1. The third kappa shape index (κ3) is 2.29. The lowest BCUT2D eigenvalue weighted by Gasteiger charge is -2.30. The molecule has 0 radical (unpaired) electrons. The second-order valence-corrected chi connectivity index (χ2v) is 6.76. The maximum Gasteiger partial charge on any atom is 0.280 e. The van der Waals surface area contributed by atoms with Gasteiger partial charge >= 0.3 is 0 Å². The topological polar surface area (TPSA) is 64.6 Å². The summed E-state index contributed by atoms with van der Waals surface area (Å²) in [5.74, 6) is 2.59. The Morgan fingerprint density at radius 3 is 2.75 bits per heavy atom. The summed E-state index contributed by atoms with van der Waals surface area (Å²) in [5.41, 5.74) is 1.73. The van der Waals surface area contributed by atoms with Gasteiger partial charge in [-0.25, -0.2) is 9.98 Å². The van der Waals surface area contributed by atoms with Gasteiger partial charge in [0, 0.05) is 13.5 Å². The van der Waals surface area contributed by atoms with Gasteiger partial charge in [0.1, 0.15) is 11.5 Å². The Morgan fingerprint density at radius 1 is 1.29 bits per heavy atom. The molecule has 1 atom stereocenters. The van der Waals surface area contributed by atoms with Crippen molar-refractivity contribution in [2.24, 2.45) is 10.9 Å². The monoisotopic (exact) mass is 323 g/mol. The van der Waals surface area contributed by atoms with Gasteiger partial charge in [0.15, 0.2) is 5.82 Å². The molecule has 4 rings (SSSR count). The molecule has 0 saturated heterocycles. The first-order valence-corrected chi connectivity index (χ1v) is 8.31. The van der Waals surface area contributed by atoms with Crippen molar-refractivity contribution in [3.63, 3.8) is 0 Å². The first-order valence-electron chi connectivity index (χ1n) is 8.31. The van der Waals surface area contributed by atoms with Crippen LogP contribution in [0, 0.1) is 5.92 Å². The summed E-state index contributed by atoms with van der Waals surface area (Å²) in [5, 5.41) is 0. The average Bonchev–Trinajstić information content (AvgIpc) is 3.18. The highest BCUT2D eigenvalue weighted by Gasteiger charge is 2.41. The molecule has 2 aromatic rings. The van der Waals surface area contributed by atoms with Crippen LogP contribution in [0.15, 0.2) is 35.3 Å². The largest absolute Gasteiger partial charge is 0.336 e. The molecule has 2 aliphatic rings. The SMILES string of the molecule is CC(C)C1CN2C(=N1)N(C)C(=O)c1[nH]c(Cc3ccccc3)nc12. The predicted octanol–water partition coefficient (Wildman–Crippen LogP) is 2.29. The second kappa shape index (κ2) is 5.47. The normalized spacial score (nSPS) is 19.6. The number of imidazole rings is 1. The first-order chi connectivity index (χ1) is 11.5. The molecule has 3 heterocycles. The van der Waals surface area contributed by atoms with Crippen LogP contribution in [0.25, 0.3) is 0 Å². The number of aliphatic imine (C=N–C) groups is 1. The summed E-state index contributed by atoms with van der Waals surface area (Å²) >= 11 is 0. The fourth-order valence-electron chi connectivity index (χ4n) is 3.22. The number of hydrogen-bond donors (Lipinski definition) is 1. The van der Waals surface area contributed by atoms with Crippen molar-refractivity contribution in [1.82, 2.24) is 14.9 Å². The maximum absolute atomic E-state index is 12.6. The number of aromatic nitrogens is 2. The Labute approximate surface area is 141 Å². The molecular weight excluding hydrogens is 302 g/mol. The third-order valence-corrected chi connectivity index (χ3v) is 4.68. The number of nitrogens with zero attached hydrogens (tertiary/aromatic N) is 4. The molecule has 1 amide bonds. The standard InChI is InChI=1S/C18H21N5O/c1-11(2)13-10-23-16-15(17(24)22(3)18(23)19-13)20-14(21-16)9-12-7-5-4-6-8-12/h4-8,11,13H,9-10H2,1-3H3,(H,20,21). The molecule has 0 saturated carbocycles. The molecule has 124 valence electrons. The predicted molar refractivity (Wildman–Crippen MR) is 93.3 cm³/mol. The highest BCUT2D eigenvalue weighted by Crippen LogP contribution is 2.31. The van der Waals surface area contributed by atoms with E-state index in [0.29, 0.717) is 29.8 Å². The van der Waals surface area contributed by atoms with Gasteiger partial charge in [-0.2, -0.15) is 0 Å². The van der Waals surface area contributed by atoms with Crippen molar-refractivity contribution in [3.8, 4) is 0 Å². The van der Waals surface area contributed by atoms with E-state index in [0.717, 1.165) is 12.4 Å². The van der Waals surface area contributed by atoms with Crippen LogP contribution in [0.4, 0.5) is 5.82 Å². The molecule has 0 spiro atoms. The van der Waals surface area contributed by atoms with Crippen molar-refractivity contribution < 1.29 is 4.79 Å². The molecule has 0 aliphatic carbocycles. The van der Waals surface area contributed by atoms with Crippen LogP contribution < -0.4 is 4.90 Å². The van der Waals surface area contributed by atoms with Crippen LogP contribution in [0.3, 0.4) is 0 Å². The second-order valence-electron chi connectivity index (χ2n) is 6.76. The molecule has 6 heteroatoms. The Kier molecular flexibility index (Phi) is 3.40. The summed E-state index contributed by atoms with van der Waals surface area (Å²) < 4.78 is 0. The minimum atomic E-state index is -0.0729. The van der Waals surface area contributed by atoms with Gasteiger partial charge in [0.25, 0.3) is 5.91 Å². The van der Waals surface area contributed by atoms with Crippen LogP contribution in [0.1, 0.15) is 35.7 Å². The number of carbonyl (C=O) groups is 1. The molecule has 0 fully saturated rings. The number of hydrogen-bond acceptors (Lipinski definition) is 4. The summed E-state index contributed by atoms with van der Waals surface area (Å²) in [7, 11) is 1.78. The van der Waals surface area contributed by atoms with Crippen LogP contribution >= 0.6 is 0 Å². The van der Waals surface area contributed by atoms with Gasteiger partial charge in [-0.3, -0.25) is 14.6 Å². The zero-order chi connectivity index (χ0) is 16.8. The van der Waals surface area contributed by atoms with E-state index in [1.165, 1.54) is 5.56 Å². The average molecular weight is 323 g/mol. The number of carbonyl (C=O) groups excluding carboxylic acids is 1. The Bertz CT molecular complexity index is 808. The maximum atomic E-state index is 12.6. The fourth-order valence-corrected chi connectivity index (χ4v) is 3.22. The van der Waals surface area contributed by atoms with Gasteiger partial charge in [-0.1, -0.05) is 44.2 Å². The number of benzene rings is 1. The zero-order valence-electron chi connectivity index (χ0n) is 14.2. The zero-order valence-corrected chi connectivity index (χ0v) is 14.2.